The standard InChI is InChI=1S/C66H48N6/c1-65(2)53-35-41(55-37-69-57(39-67-55)71(43-19-9-5-10-20-43)44-21-11-6-12-22-44)31-33-47(53)61-49-27-18-30-52-60(49)59-50(28-17-29-51(59)63(61)65)62-48-34-32-42(36-54(48)66(3,4)64(52)62)56-38-70-58(40-68-56)72(45-23-13-7-14-24-45)46-25-15-8-16-26-46/h5-40H,1-4H3. The van der Waals surface area contributed by atoms with Crippen LogP contribution in [0.2, 0.25) is 0 Å². The third-order valence-corrected chi connectivity index (χ3v) is 15.5. The van der Waals surface area contributed by atoms with Crippen molar-refractivity contribution in [2.75, 3.05) is 9.80 Å². The maximum atomic E-state index is 5.07. The van der Waals surface area contributed by atoms with Crippen LogP contribution in [0.1, 0.15) is 49.9 Å². The topological polar surface area (TPSA) is 58.0 Å². The molecule has 2 aliphatic rings. The molecule has 0 aliphatic heterocycles. The first kappa shape index (κ1) is 41.9. The molecule has 6 heteroatoms. The van der Waals surface area contributed by atoms with Crippen LogP contribution in [0.25, 0.3) is 77.1 Å². The first-order chi connectivity index (χ1) is 35.3. The van der Waals surface area contributed by atoms with E-state index >= 15 is 0 Å². The van der Waals surface area contributed by atoms with Gasteiger partial charge in [-0.15, -0.1) is 0 Å². The number of aromatic nitrogens is 4. The van der Waals surface area contributed by atoms with Gasteiger partial charge in [0.1, 0.15) is 0 Å². The van der Waals surface area contributed by atoms with Crippen LogP contribution in [-0.4, -0.2) is 19.9 Å². The number of rotatable bonds is 8. The lowest BCUT2D eigenvalue weighted by Gasteiger charge is -2.28. The molecule has 342 valence electrons. The van der Waals surface area contributed by atoms with Crippen LogP contribution in [0.15, 0.2) is 219 Å². The summed E-state index contributed by atoms with van der Waals surface area (Å²) in [6, 6.07) is 69.3. The summed E-state index contributed by atoms with van der Waals surface area (Å²) in [6.45, 7) is 9.60. The lowest BCUT2D eigenvalue weighted by atomic mass is 9.75. The number of hydrogen-bond donors (Lipinski definition) is 0. The van der Waals surface area contributed by atoms with Gasteiger partial charge in [-0.25, -0.2) is 9.97 Å². The SMILES string of the molecule is CC1(C)c2cc(-c3cnc(N(c4ccccc4)c4ccccc4)cn3)ccc2-c2c1c1cccc3c4c(c5cccc2c5c31)C(C)(C)c1cc(-c2cnc(N(c3ccccc3)c3ccccc3)cn2)ccc1-4. The molecular weight excluding hydrogens is 877 g/mol. The third-order valence-electron chi connectivity index (χ3n) is 15.5. The van der Waals surface area contributed by atoms with E-state index < -0.39 is 0 Å². The van der Waals surface area contributed by atoms with Crippen LogP contribution in [0, 0.1) is 0 Å². The summed E-state index contributed by atoms with van der Waals surface area (Å²) >= 11 is 0. The van der Waals surface area contributed by atoms with Gasteiger partial charge in [-0.3, -0.25) is 19.8 Å². The average molecular weight is 925 g/mol. The van der Waals surface area contributed by atoms with Crippen LogP contribution < -0.4 is 9.80 Å². The maximum absolute atomic E-state index is 5.07. The largest absolute Gasteiger partial charge is 0.294 e. The lowest BCUT2D eigenvalue weighted by Crippen LogP contribution is -2.17. The second-order valence-electron chi connectivity index (χ2n) is 20.3. The second-order valence-corrected chi connectivity index (χ2v) is 20.3. The minimum absolute atomic E-state index is 0.291. The fraction of sp³-hybridized carbons (Fsp3) is 0.0909. The first-order valence-electron chi connectivity index (χ1n) is 24.8. The highest BCUT2D eigenvalue weighted by atomic mass is 15.2. The monoisotopic (exact) mass is 924 g/mol. The van der Waals surface area contributed by atoms with Crippen molar-refractivity contribution in [2.45, 2.75) is 38.5 Å². The van der Waals surface area contributed by atoms with Crippen molar-refractivity contribution >= 4 is 66.7 Å². The molecule has 0 spiro atoms. The normalized spacial score (nSPS) is 13.8. The van der Waals surface area contributed by atoms with Crippen molar-refractivity contribution in [3.05, 3.63) is 241 Å². The minimum Gasteiger partial charge on any atom is -0.294 e. The Kier molecular flexibility index (Phi) is 9.18. The Labute approximate surface area is 418 Å². The van der Waals surface area contributed by atoms with Gasteiger partial charge in [0, 0.05) is 44.7 Å². The highest BCUT2D eigenvalue weighted by molar-refractivity contribution is 6.33. The highest BCUT2D eigenvalue weighted by Gasteiger charge is 2.43. The van der Waals surface area contributed by atoms with E-state index in [1.807, 2.05) is 49.1 Å². The van der Waals surface area contributed by atoms with Crippen molar-refractivity contribution in [3.8, 4) is 44.8 Å². The van der Waals surface area contributed by atoms with E-state index in [0.717, 1.165) is 56.9 Å². The van der Waals surface area contributed by atoms with E-state index in [-0.39, 0.29) is 10.8 Å². The zero-order valence-electron chi connectivity index (χ0n) is 40.5. The van der Waals surface area contributed by atoms with Crippen LogP contribution in [0.3, 0.4) is 0 Å². The molecule has 0 N–H and O–H groups in total. The molecule has 0 saturated heterocycles. The third kappa shape index (κ3) is 6.15. The van der Waals surface area contributed by atoms with Gasteiger partial charge in [0.2, 0.25) is 0 Å². The Balaban J connectivity index is 0.861. The molecule has 6 nitrogen and oxygen atoms in total. The summed E-state index contributed by atoms with van der Waals surface area (Å²) in [5, 5.41) is 7.95. The summed E-state index contributed by atoms with van der Waals surface area (Å²) in [6.07, 6.45) is 7.63. The summed E-state index contributed by atoms with van der Waals surface area (Å²) in [4.78, 5) is 24.5. The molecule has 0 radical (unpaired) electrons. The van der Waals surface area contributed by atoms with Crippen LogP contribution in [0.5, 0.6) is 0 Å². The zero-order valence-corrected chi connectivity index (χ0v) is 40.5. The second kappa shape index (κ2) is 15.8. The molecule has 12 aromatic rings. The number of fused-ring (bicyclic) bond motifs is 10. The number of benzene rings is 10. The van der Waals surface area contributed by atoms with Gasteiger partial charge in [0.25, 0.3) is 0 Å². The molecule has 2 heterocycles. The van der Waals surface area contributed by atoms with E-state index in [4.69, 9.17) is 19.9 Å². The van der Waals surface area contributed by atoms with Gasteiger partial charge in [0.15, 0.2) is 11.6 Å². The Morgan fingerprint density at radius 2 is 0.681 bits per heavy atom. The van der Waals surface area contributed by atoms with Crippen molar-refractivity contribution in [1.82, 2.24) is 19.9 Å². The van der Waals surface area contributed by atoms with Gasteiger partial charge in [-0.05, 0) is 137 Å². The fourth-order valence-corrected chi connectivity index (χ4v) is 12.3. The average Bonchev–Trinajstić information content (AvgIpc) is 3.83. The van der Waals surface area contributed by atoms with E-state index in [0.29, 0.717) is 0 Å². The Bertz CT molecular complexity index is 3710. The molecule has 0 bridgehead atoms. The molecule has 0 unspecified atom stereocenters. The molecule has 10 aromatic carbocycles. The Hall–Kier alpha value is -9.00. The Morgan fingerprint density at radius 3 is 1.01 bits per heavy atom. The Morgan fingerprint density at radius 1 is 0.333 bits per heavy atom. The smallest absolute Gasteiger partial charge is 0.156 e. The molecule has 2 aromatic heterocycles. The van der Waals surface area contributed by atoms with Crippen molar-refractivity contribution in [1.29, 1.82) is 0 Å². The number of hydrogen-bond acceptors (Lipinski definition) is 6. The molecular formula is C66H48N6. The molecule has 0 fully saturated rings. The maximum Gasteiger partial charge on any atom is 0.156 e. The molecule has 0 amide bonds. The van der Waals surface area contributed by atoms with E-state index in [9.17, 15) is 0 Å². The summed E-state index contributed by atoms with van der Waals surface area (Å²) in [7, 11) is 0. The number of para-hydroxylation sites is 4. The van der Waals surface area contributed by atoms with Crippen molar-refractivity contribution < 1.29 is 0 Å². The fourth-order valence-electron chi connectivity index (χ4n) is 12.3. The molecule has 0 atom stereocenters. The summed E-state index contributed by atoms with van der Waals surface area (Å²) in [5.74, 6) is 1.53. The molecule has 2 aliphatic carbocycles. The highest BCUT2D eigenvalue weighted by Crippen LogP contribution is 2.61. The summed E-state index contributed by atoms with van der Waals surface area (Å²) < 4.78 is 0. The quantitative estimate of drug-likeness (QED) is 0.142. The molecule has 72 heavy (non-hydrogen) atoms. The minimum atomic E-state index is -0.291. The predicted octanol–water partition coefficient (Wildman–Crippen LogP) is 17.1. The number of anilines is 6. The van der Waals surface area contributed by atoms with Crippen LogP contribution in [-0.2, 0) is 10.8 Å². The summed E-state index contributed by atoms with van der Waals surface area (Å²) in [5.41, 5.74) is 18.0. The van der Waals surface area contributed by atoms with Gasteiger partial charge < -0.3 is 0 Å². The lowest BCUT2D eigenvalue weighted by molar-refractivity contribution is 0.666. The van der Waals surface area contributed by atoms with E-state index in [1.165, 1.54) is 76.8 Å². The molecule has 14 rings (SSSR count). The zero-order chi connectivity index (χ0) is 48.3. The first-order valence-corrected chi connectivity index (χ1v) is 24.8. The van der Waals surface area contributed by atoms with Gasteiger partial charge in [-0.1, -0.05) is 161 Å². The van der Waals surface area contributed by atoms with Gasteiger partial charge in [-0.2, -0.15) is 0 Å². The molecule has 0 saturated carbocycles. The van der Waals surface area contributed by atoms with Crippen LogP contribution >= 0.6 is 0 Å². The van der Waals surface area contributed by atoms with E-state index in [1.54, 1.807) is 0 Å². The predicted molar refractivity (Wildman–Crippen MR) is 297 cm³/mol. The van der Waals surface area contributed by atoms with Crippen molar-refractivity contribution in [3.63, 3.8) is 0 Å². The number of nitrogens with zero attached hydrogens (tertiary/aromatic N) is 6. The van der Waals surface area contributed by atoms with Gasteiger partial charge >= 0.3 is 0 Å². The van der Waals surface area contributed by atoms with Crippen molar-refractivity contribution in [2.24, 2.45) is 0 Å². The van der Waals surface area contributed by atoms with Crippen LogP contribution in [0.4, 0.5) is 34.4 Å². The van der Waals surface area contributed by atoms with E-state index in [2.05, 4.69) is 207 Å². The van der Waals surface area contributed by atoms with Gasteiger partial charge in [0.05, 0.1) is 36.2 Å².